The van der Waals surface area contributed by atoms with Gasteiger partial charge in [0.2, 0.25) is 0 Å². The van der Waals surface area contributed by atoms with E-state index in [9.17, 15) is 0 Å². The predicted octanol–water partition coefficient (Wildman–Crippen LogP) is 4.31. The molecule has 0 atom stereocenters. The molecule has 0 aliphatic rings. The van der Waals surface area contributed by atoms with Gasteiger partial charge in [-0.3, -0.25) is 10.1 Å². The van der Waals surface area contributed by atoms with Crippen molar-refractivity contribution < 1.29 is 4.74 Å². The van der Waals surface area contributed by atoms with Crippen molar-refractivity contribution in [3.63, 3.8) is 0 Å². The molecule has 0 aliphatic heterocycles. The molecule has 1 N–H and O–H groups in total. The third-order valence-electron chi connectivity index (χ3n) is 4.56. The van der Waals surface area contributed by atoms with Crippen LogP contribution in [0.5, 0.6) is 5.75 Å². The number of pyridine rings is 1. The highest BCUT2D eigenvalue weighted by atomic mass is 16.5. The van der Waals surface area contributed by atoms with Gasteiger partial charge < -0.3 is 4.74 Å². The SMILES string of the molecule is COc1cc(-c2nn[nH]c2-c2ccc3cccnc3c2)cc(C)c1C. The Hall–Kier alpha value is -3.21. The van der Waals surface area contributed by atoms with Crippen LogP contribution in [0.3, 0.4) is 0 Å². The normalized spacial score (nSPS) is 11.0. The van der Waals surface area contributed by atoms with Crippen LogP contribution in [0.2, 0.25) is 0 Å². The van der Waals surface area contributed by atoms with Gasteiger partial charge in [0, 0.05) is 22.7 Å². The Morgan fingerprint density at radius 2 is 1.88 bits per heavy atom. The summed E-state index contributed by atoms with van der Waals surface area (Å²) in [5.74, 6) is 0.851. The summed E-state index contributed by atoms with van der Waals surface area (Å²) in [6, 6.07) is 14.3. The number of hydrogen-bond acceptors (Lipinski definition) is 4. The molecule has 25 heavy (non-hydrogen) atoms. The summed E-state index contributed by atoms with van der Waals surface area (Å²) < 4.78 is 5.50. The Kier molecular flexibility index (Phi) is 3.69. The van der Waals surface area contributed by atoms with Crippen LogP contribution in [0.25, 0.3) is 33.4 Å². The molecule has 0 saturated heterocycles. The van der Waals surface area contributed by atoms with Crippen LogP contribution in [0.1, 0.15) is 11.1 Å². The number of fused-ring (bicyclic) bond motifs is 1. The molecular weight excluding hydrogens is 312 g/mol. The van der Waals surface area contributed by atoms with Crippen LogP contribution in [0.4, 0.5) is 0 Å². The lowest BCUT2D eigenvalue weighted by Gasteiger charge is -2.11. The van der Waals surface area contributed by atoms with Gasteiger partial charge in [-0.2, -0.15) is 0 Å². The van der Waals surface area contributed by atoms with Crippen LogP contribution in [0.15, 0.2) is 48.7 Å². The second kappa shape index (κ2) is 6.02. The van der Waals surface area contributed by atoms with Gasteiger partial charge in [-0.25, -0.2) is 0 Å². The highest BCUT2D eigenvalue weighted by molar-refractivity contribution is 5.87. The molecule has 4 aromatic rings. The molecule has 4 rings (SSSR count). The first-order valence-corrected chi connectivity index (χ1v) is 8.09. The first kappa shape index (κ1) is 15.3. The number of ether oxygens (including phenoxy) is 1. The standard InChI is InChI=1S/C20H18N4O/c1-12-9-16(11-18(25-3)13(12)2)20-19(22-24-23-20)15-7-6-14-5-4-8-21-17(14)10-15/h4-11H,1-3H3,(H,22,23,24). The number of nitrogens with one attached hydrogen (secondary N) is 1. The summed E-state index contributed by atoms with van der Waals surface area (Å²) >= 11 is 0. The predicted molar refractivity (Wildman–Crippen MR) is 98.6 cm³/mol. The maximum atomic E-state index is 5.50. The summed E-state index contributed by atoms with van der Waals surface area (Å²) in [5, 5.41) is 12.5. The van der Waals surface area contributed by atoms with Gasteiger partial charge in [0.1, 0.15) is 11.4 Å². The number of aromatic nitrogens is 4. The van der Waals surface area contributed by atoms with E-state index in [1.165, 1.54) is 0 Å². The molecule has 0 aliphatic carbocycles. The fraction of sp³-hybridized carbons (Fsp3) is 0.150. The van der Waals surface area contributed by atoms with E-state index < -0.39 is 0 Å². The summed E-state index contributed by atoms with van der Waals surface area (Å²) in [4.78, 5) is 4.43. The molecule has 0 saturated carbocycles. The van der Waals surface area contributed by atoms with E-state index >= 15 is 0 Å². The number of H-pyrrole nitrogens is 1. The zero-order valence-corrected chi connectivity index (χ0v) is 14.4. The number of nitrogens with zero attached hydrogens (tertiary/aromatic N) is 3. The highest BCUT2D eigenvalue weighted by Crippen LogP contribution is 2.34. The number of aromatic amines is 1. The lowest BCUT2D eigenvalue weighted by molar-refractivity contribution is 0.411. The molecule has 5 heteroatoms. The van der Waals surface area contributed by atoms with Crippen LogP contribution in [-0.2, 0) is 0 Å². The molecule has 0 spiro atoms. The quantitative estimate of drug-likeness (QED) is 0.608. The minimum absolute atomic E-state index is 0.802. The average molecular weight is 330 g/mol. The van der Waals surface area contributed by atoms with Crippen LogP contribution >= 0.6 is 0 Å². The van der Waals surface area contributed by atoms with Crippen molar-refractivity contribution in [1.29, 1.82) is 0 Å². The maximum Gasteiger partial charge on any atom is 0.122 e. The van der Waals surface area contributed by atoms with Gasteiger partial charge in [-0.05, 0) is 49.2 Å². The topological polar surface area (TPSA) is 63.7 Å². The van der Waals surface area contributed by atoms with Crippen molar-refractivity contribution in [1.82, 2.24) is 20.4 Å². The number of aryl methyl sites for hydroxylation is 1. The monoisotopic (exact) mass is 330 g/mol. The average Bonchev–Trinajstić information content (AvgIpc) is 3.13. The van der Waals surface area contributed by atoms with E-state index in [-0.39, 0.29) is 0 Å². The lowest BCUT2D eigenvalue weighted by Crippen LogP contribution is -1.93. The van der Waals surface area contributed by atoms with Crippen LogP contribution < -0.4 is 4.74 Å². The zero-order chi connectivity index (χ0) is 17.4. The number of rotatable bonds is 3. The largest absolute Gasteiger partial charge is 0.496 e. The number of hydrogen-bond donors (Lipinski definition) is 1. The first-order chi connectivity index (χ1) is 12.2. The van der Waals surface area contributed by atoms with E-state index in [1.54, 1.807) is 13.3 Å². The maximum absolute atomic E-state index is 5.50. The molecule has 124 valence electrons. The van der Waals surface area contributed by atoms with E-state index in [2.05, 4.69) is 52.4 Å². The van der Waals surface area contributed by atoms with Crippen molar-refractivity contribution in [2.24, 2.45) is 0 Å². The minimum atomic E-state index is 0.802. The molecule has 0 fully saturated rings. The Bertz CT molecular complexity index is 1070. The third kappa shape index (κ3) is 2.63. The summed E-state index contributed by atoms with van der Waals surface area (Å²) in [7, 11) is 1.68. The van der Waals surface area contributed by atoms with Gasteiger partial charge in [-0.15, -0.1) is 5.10 Å². The Balaban J connectivity index is 1.87. The third-order valence-corrected chi connectivity index (χ3v) is 4.56. The Morgan fingerprint density at radius 3 is 2.72 bits per heavy atom. The van der Waals surface area contributed by atoms with E-state index in [4.69, 9.17) is 4.74 Å². The van der Waals surface area contributed by atoms with Crippen LogP contribution in [0, 0.1) is 13.8 Å². The molecule has 2 aromatic heterocycles. The number of benzene rings is 2. The van der Waals surface area contributed by atoms with Crippen LogP contribution in [-0.4, -0.2) is 27.5 Å². The molecule has 2 aromatic carbocycles. The van der Waals surface area contributed by atoms with E-state index in [0.29, 0.717) is 0 Å². The van der Waals surface area contributed by atoms with Gasteiger partial charge in [0.05, 0.1) is 18.3 Å². The zero-order valence-electron chi connectivity index (χ0n) is 14.4. The van der Waals surface area contributed by atoms with Gasteiger partial charge in [0.15, 0.2) is 0 Å². The van der Waals surface area contributed by atoms with Crippen molar-refractivity contribution >= 4 is 10.9 Å². The van der Waals surface area contributed by atoms with E-state index in [1.807, 2.05) is 24.3 Å². The molecule has 0 amide bonds. The van der Waals surface area contributed by atoms with Crippen molar-refractivity contribution in [2.45, 2.75) is 13.8 Å². The summed E-state index contributed by atoms with van der Waals surface area (Å²) in [6.07, 6.45) is 1.80. The Labute approximate surface area is 145 Å². The lowest BCUT2D eigenvalue weighted by atomic mass is 9.99. The van der Waals surface area contributed by atoms with Crippen molar-refractivity contribution in [3.8, 4) is 28.3 Å². The smallest absolute Gasteiger partial charge is 0.122 e. The van der Waals surface area contributed by atoms with Crippen molar-refractivity contribution in [2.75, 3.05) is 7.11 Å². The van der Waals surface area contributed by atoms with E-state index in [0.717, 1.165) is 50.3 Å². The second-order valence-electron chi connectivity index (χ2n) is 6.07. The summed E-state index contributed by atoms with van der Waals surface area (Å²) in [6.45, 7) is 4.12. The summed E-state index contributed by atoms with van der Waals surface area (Å²) in [5.41, 5.74) is 6.88. The van der Waals surface area contributed by atoms with Gasteiger partial charge >= 0.3 is 0 Å². The molecule has 0 bridgehead atoms. The van der Waals surface area contributed by atoms with Gasteiger partial charge in [-0.1, -0.05) is 23.4 Å². The van der Waals surface area contributed by atoms with Gasteiger partial charge in [0.25, 0.3) is 0 Å². The molecule has 0 radical (unpaired) electrons. The highest BCUT2D eigenvalue weighted by Gasteiger charge is 2.15. The number of methoxy groups -OCH3 is 1. The molecular formula is C20H18N4O. The minimum Gasteiger partial charge on any atom is -0.496 e. The van der Waals surface area contributed by atoms with Crippen molar-refractivity contribution in [3.05, 3.63) is 59.8 Å². The second-order valence-corrected chi connectivity index (χ2v) is 6.07. The Morgan fingerprint density at radius 1 is 1.00 bits per heavy atom. The molecule has 5 nitrogen and oxygen atoms in total. The fourth-order valence-electron chi connectivity index (χ4n) is 3.03. The first-order valence-electron chi connectivity index (χ1n) is 8.09. The molecule has 0 unspecified atom stereocenters. The fourth-order valence-corrected chi connectivity index (χ4v) is 3.03. The molecule has 2 heterocycles.